The molecule has 0 N–H and O–H groups in total. The molecule has 26 heavy (non-hydrogen) atoms. The summed E-state index contributed by atoms with van der Waals surface area (Å²) < 4.78 is 13.1. The first kappa shape index (κ1) is 18.3. The predicted octanol–water partition coefficient (Wildman–Crippen LogP) is 4.31. The third-order valence-corrected chi connectivity index (χ3v) is 5.08. The summed E-state index contributed by atoms with van der Waals surface area (Å²) in [6.07, 6.45) is 0. The largest absolute Gasteiger partial charge is 0.497 e. The Bertz CT molecular complexity index is 872. The van der Waals surface area contributed by atoms with Gasteiger partial charge in [0.2, 0.25) is 0 Å². The first-order valence-electron chi connectivity index (χ1n) is 8.40. The summed E-state index contributed by atoms with van der Waals surface area (Å²) in [6, 6.07) is 14.2. The number of hydrogen-bond acceptors (Lipinski definition) is 5. The van der Waals surface area contributed by atoms with Crippen molar-refractivity contribution in [2.75, 3.05) is 7.11 Å². The van der Waals surface area contributed by atoms with Gasteiger partial charge in [-0.1, -0.05) is 30.0 Å². The molecular formula is C20H23N3O2S. The number of ether oxygens (including phenoxy) is 2. The number of benzene rings is 2. The van der Waals surface area contributed by atoms with E-state index < -0.39 is 0 Å². The summed E-state index contributed by atoms with van der Waals surface area (Å²) in [5, 5.41) is 9.42. The van der Waals surface area contributed by atoms with E-state index in [1.54, 1.807) is 18.9 Å². The Hall–Kier alpha value is -2.47. The highest BCUT2D eigenvalue weighted by molar-refractivity contribution is 7.98. The Labute approximate surface area is 158 Å². The lowest BCUT2D eigenvalue weighted by atomic mass is 10.1. The van der Waals surface area contributed by atoms with Crippen LogP contribution in [0.5, 0.6) is 11.5 Å². The average Bonchev–Trinajstić information content (AvgIpc) is 2.97. The number of thioether (sulfide) groups is 1. The molecule has 0 amide bonds. The van der Waals surface area contributed by atoms with Crippen molar-refractivity contribution >= 4 is 11.8 Å². The Morgan fingerprint density at radius 1 is 1.00 bits per heavy atom. The van der Waals surface area contributed by atoms with E-state index in [9.17, 15) is 0 Å². The van der Waals surface area contributed by atoms with Gasteiger partial charge in [0.1, 0.15) is 18.1 Å². The second kappa shape index (κ2) is 8.27. The van der Waals surface area contributed by atoms with Crippen LogP contribution in [0.3, 0.4) is 0 Å². The lowest BCUT2D eigenvalue weighted by molar-refractivity contribution is 0.290. The number of nitrogens with zero attached hydrogens (tertiary/aromatic N) is 3. The minimum absolute atomic E-state index is 0.395. The van der Waals surface area contributed by atoms with Crippen molar-refractivity contribution < 1.29 is 9.47 Å². The molecule has 0 radical (unpaired) electrons. The lowest BCUT2D eigenvalue weighted by Crippen LogP contribution is -2.04. The maximum atomic E-state index is 5.89. The predicted molar refractivity (Wildman–Crippen MR) is 104 cm³/mol. The highest BCUT2D eigenvalue weighted by Gasteiger charge is 2.10. The molecule has 1 heterocycles. The number of aryl methyl sites for hydroxylation is 2. The van der Waals surface area contributed by atoms with E-state index in [1.807, 2.05) is 41.9 Å². The SMILES string of the molecule is COc1cccc(CSc2nnc(COc3cc(C)cc(C)c3)n2C)c1. The van der Waals surface area contributed by atoms with E-state index in [0.29, 0.717) is 6.61 Å². The molecule has 0 aliphatic carbocycles. The topological polar surface area (TPSA) is 49.2 Å². The molecule has 0 spiro atoms. The van der Waals surface area contributed by atoms with Crippen molar-refractivity contribution in [3.63, 3.8) is 0 Å². The van der Waals surface area contributed by atoms with Gasteiger partial charge in [-0.15, -0.1) is 10.2 Å². The molecule has 6 heteroatoms. The molecule has 0 fully saturated rings. The zero-order chi connectivity index (χ0) is 18.5. The van der Waals surface area contributed by atoms with Crippen molar-refractivity contribution in [1.29, 1.82) is 0 Å². The second-order valence-corrected chi connectivity index (χ2v) is 7.15. The molecule has 0 bridgehead atoms. The molecule has 5 nitrogen and oxygen atoms in total. The third-order valence-electron chi connectivity index (χ3n) is 3.99. The van der Waals surface area contributed by atoms with Gasteiger partial charge in [-0.2, -0.15) is 0 Å². The maximum absolute atomic E-state index is 5.89. The molecule has 0 unspecified atom stereocenters. The van der Waals surface area contributed by atoms with Crippen LogP contribution in [-0.4, -0.2) is 21.9 Å². The summed E-state index contributed by atoms with van der Waals surface area (Å²) in [6.45, 7) is 4.52. The number of rotatable bonds is 7. The van der Waals surface area contributed by atoms with Crippen LogP contribution in [0, 0.1) is 13.8 Å². The van der Waals surface area contributed by atoms with Gasteiger partial charge in [-0.3, -0.25) is 0 Å². The molecule has 136 valence electrons. The summed E-state index contributed by atoms with van der Waals surface area (Å²) >= 11 is 1.64. The fraction of sp³-hybridized carbons (Fsp3) is 0.300. The van der Waals surface area contributed by atoms with E-state index >= 15 is 0 Å². The second-order valence-electron chi connectivity index (χ2n) is 6.21. The first-order valence-corrected chi connectivity index (χ1v) is 9.39. The van der Waals surface area contributed by atoms with Gasteiger partial charge in [0, 0.05) is 12.8 Å². The zero-order valence-electron chi connectivity index (χ0n) is 15.5. The van der Waals surface area contributed by atoms with E-state index in [-0.39, 0.29) is 0 Å². The average molecular weight is 369 g/mol. The maximum Gasteiger partial charge on any atom is 0.191 e. The quantitative estimate of drug-likeness (QED) is 0.581. The lowest BCUT2D eigenvalue weighted by Gasteiger charge is -2.08. The minimum atomic E-state index is 0.395. The summed E-state index contributed by atoms with van der Waals surface area (Å²) in [7, 11) is 3.64. The van der Waals surface area contributed by atoms with Crippen LogP contribution >= 0.6 is 11.8 Å². The summed E-state index contributed by atoms with van der Waals surface area (Å²) in [5.74, 6) is 3.33. The van der Waals surface area contributed by atoms with E-state index in [1.165, 1.54) is 16.7 Å². The fourth-order valence-corrected chi connectivity index (χ4v) is 3.54. The normalized spacial score (nSPS) is 10.8. The molecule has 3 rings (SSSR count). The van der Waals surface area contributed by atoms with Crippen LogP contribution in [0.1, 0.15) is 22.5 Å². The zero-order valence-corrected chi connectivity index (χ0v) is 16.3. The fourth-order valence-electron chi connectivity index (χ4n) is 2.67. The van der Waals surface area contributed by atoms with E-state index in [4.69, 9.17) is 9.47 Å². The Balaban J connectivity index is 1.62. The van der Waals surface area contributed by atoms with E-state index in [2.05, 4.69) is 36.2 Å². The Morgan fingerprint density at radius 2 is 1.77 bits per heavy atom. The smallest absolute Gasteiger partial charge is 0.191 e. The molecule has 3 aromatic rings. The number of methoxy groups -OCH3 is 1. The Kier molecular flexibility index (Phi) is 5.83. The molecule has 0 atom stereocenters. The van der Waals surface area contributed by atoms with Crippen molar-refractivity contribution in [1.82, 2.24) is 14.8 Å². The van der Waals surface area contributed by atoms with Crippen LogP contribution in [0.4, 0.5) is 0 Å². The minimum Gasteiger partial charge on any atom is -0.497 e. The van der Waals surface area contributed by atoms with Gasteiger partial charge < -0.3 is 14.0 Å². The van der Waals surface area contributed by atoms with Crippen LogP contribution in [0.15, 0.2) is 47.6 Å². The van der Waals surface area contributed by atoms with Crippen LogP contribution in [-0.2, 0) is 19.4 Å². The highest BCUT2D eigenvalue weighted by atomic mass is 32.2. The van der Waals surface area contributed by atoms with Gasteiger partial charge >= 0.3 is 0 Å². The number of aromatic nitrogens is 3. The van der Waals surface area contributed by atoms with Crippen LogP contribution in [0.2, 0.25) is 0 Å². The van der Waals surface area contributed by atoms with E-state index in [0.717, 1.165) is 28.2 Å². The van der Waals surface area contributed by atoms with Crippen molar-refractivity contribution in [3.05, 3.63) is 65.0 Å². The molecule has 0 aliphatic heterocycles. The van der Waals surface area contributed by atoms with Gasteiger partial charge in [0.05, 0.1) is 7.11 Å². The van der Waals surface area contributed by atoms with Crippen molar-refractivity contribution in [3.8, 4) is 11.5 Å². The Morgan fingerprint density at radius 3 is 2.50 bits per heavy atom. The van der Waals surface area contributed by atoms with Crippen LogP contribution in [0.25, 0.3) is 0 Å². The highest BCUT2D eigenvalue weighted by Crippen LogP contribution is 2.24. The summed E-state index contributed by atoms with van der Waals surface area (Å²) in [4.78, 5) is 0. The summed E-state index contributed by atoms with van der Waals surface area (Å²) in [5.41, 5.74) is 3.56. The van der Waals surface area contributed by atoms with Gasteiger partial charge in [-0.05, 0) is 54.8 Å². The van der Waals surface area contributed by atoms with Gasteiger partial charge in [0.15, 0.2) is 11.0 Å². The molecule has 1 aromatic heterocycles. The molecule has 0 saturated heterocycles. The third kappa shape index (κ3) is 4.58. The van der Waals surface area contributed by atoms with Gasteiger partial charge in [-0.25, -0.2) is 0 Å². The molecule has 0 aliphatic rings. The number of hydrogen-bond donors (Lipinski definition) is 0. The first-order chi connectivity index (χ1) is 12.5. The van der Waals surface area contributed by atoms with Crippen molar-refractivity contribution in [2.45, 2.75) is 31.4 Å². The van der Waals surface area contributed by atoms with Crippen molar-refractivity contribution in [2.24, 2.45) is 7.05 Å². The molecular weight excluding hydrogens is 346 g/mol. The monoisotopic (exact) mass is 369 g/mol. The van der Waals surface area contributed by atoms with Gasteiger partial charge in [0.25, 0.3) is 0 Å². The van der Waals surface area contributed by atoms with Crippen LogP contribution < -0.4 is 9.47 Å². The molecule has 0 saturated carbocycles. The standard InChI is InChI=1S/C20H23N3O2S/c1-14-8-15(2)10-18(9-14)25-12-19-21-22-20(23(19)3)26-13-16-6-5-7-17(11-16)24-4/h5-11H,12-13H2,1-4H3. The molecule has 2 aromatic carbocycles.